The Balaban J connectivity index is 2.20. The molecule has 0 radical (unpaired) electrons. The fourth-order valence-electron chi connectivity index (χ4n) is 1.51. The van der Waals surface area contributed by atoms with Gasteiger partial charge in [-0.15, -0.1) is 0 Å². The molecule has 0 fully saturated rings. The van der Waals surface area contributed by atoms with Gasteiger partial charge in [-0.3, -0.25) is 4.98 Å². The topological polar surface area (TPSA) is 47.9 Å². The van der Waals surface area contributed by atoms with Crippen molar-refractivity contribution in [3.8, 4) is 11.5 Å². The highest BCUT2D eigenvalue weighted by Crippen LogP contribution is 2.27. The molecule has 2 heterocycles. The van der Waals surface area contributed by atoms with Crippen LogP contribution >= 0.6 is 0 Å². The van der Waals surface area contributed by atoms with Crippen molar-refractivity contribution < 1.29 is 17.9 Å². The van der Waals surface area contributed by atoms with Gasteiger partial charge in [-0.05, 0) is 13.8 Å². The summed E-state index contributed by atoms with van der Waals surface area (Å²) in [7, 11) is 0. The van der Waals surface area contributed by atoms with Crippen LogP contribution in [-0.2, 0) is 6.18 Å². The lowest BCUT2D eigenvalue weighted by Gasteiger charge is -2.08. The molecule has 0 aliphatic heterocycles. The summed E-state index contributed by atoms with van der Waals surface area (Å²) in [6, 6.07) is 3.34. The molecule has 0 spiro atoms. The first kappa shape index (κ1) is 13.3. The van der Waals surface area contributed by atoms with Gasteiger partial charge in [0.15, 0.2) is 5.75 Å². The predicted molar refractivity (Wildman–Crippen MR) is 60.8 cm³/mol. The van der Waals surface area contributed by atoms with E-state index in [9.17, 15) is 13.2 Å². The first-order chi connectivity index (χ1) is 8.84. The van der Waals surface area contributed by atoms with Crippen LogP contribution in [0.25, 0.3) is 0 Å². The normalized spacial score (nSPS) is 11.4. The van der Waals surface area contributed by atoms with E-state index in [1.807, 2.05) is 0 Å². The average molecular weight is 269 g/mol. The number of hydrogen-bond donors (Lipinski definition) is 0. The molecule has 2 aromatic heterocycles. The molecule has 2 aromatic rings. The van der Waals surface area contributed by atoms with Gasteiger partial charge in [0.05, 0.1) is 12.4 Å². The highest BCUT2D eigenvalue weighted by molar-refractivity contribution is 5.30. The SMILES string of the molecule is Cc1cc(Oc2cnc(C(F)(F)F)nc2)cc(C)n1. The van der Waals surface area contributed by atoms with E-state index in [0.717, 1.165) is 23.8 Å². The molecular formula is C12H10F3N3O. The average Bonchev–Trinajstić information content (AvgIpc) is 2.26. The molecule has 0 saturated carbocycles. The number of aromatic nitrogens is 3. The first-order valence-corrected chi connectivity index (χ1v) is 5.37. The van der Waals surface area contributed by atoms with E-state index in [1.165, 1.54) is 0 Å². The van der Waals surface area contributed by atoms with Crippen LogP contribution < -0.4 is 4.74 Å². The summed E-state index contributed by atoms with van der Waals surface area (Å²) in [4.78, 5) is 10.6. The van der Waals surface area contributed by atoms with Gasteiger partial charge in [0.1, 0.15) is 5.75 Å². The molecule has 0 atom stereocenters. The Morgan fingerprint density at radius 3 is 1.95 bits per heavy atom. The van der Waals surface area contributed by atoms with Crippen LogP contribution in [0.3, 0.4) is 0 Å². The Labute approximate surface area is 107 Å². The summed E-state index contributed by atoms with van der Waals surface area (Å²) in [5.41, 5.74) is 1.51. The van der Waals surface area contributed by atoms with Crippen molar-refractivity contribution in [3.63, 3.8) is 0 Å². The molecule has 0 unspecified atom stereocenters. The number of aryl methyl sites for hydroxylation is 2. The third-order valence-electron chi connectivity index (χ3n) is 2.17. The van der Waals surface area contributed by atoms with Crippen LogP contribution in [0.15, 0.2) is 24.5 Å². The zero-order chi connectivity index (χ0) is 14.0. The highest BCUT2D eigenvalue weighted by atomic mass is 19.4. The van der Waals surface area contributed by atoms with Crippen molar-refractivity contribution in [1.29, 1.82) is 0 Å². The second-order valence-electron chi connectivity index (χ2n) is 3.93. The van der Waals surface area contributed by atoms with E-state index < -0.39 is 12.0 Å². The molecule has 0 saturated heterocycles. The van der Waals surface area contributed by atoms with Crippen LogP contribution in [0.4, 0.5) is 13.2 Å². The van der Waals surface area contributed by atoms with Crippen LogP contribution in [0.1, 0.15) is 17.2 Å². The lowest BCUT2D eigenvalue weighted by molar-refractivity contribution is -0.145. The molecule has 0 N–H and O–H groups in total. The molecule has 4 nitrogen and oxygen atoms in total. The summed E-state index contributed by atoms with van der Waals surface area (Å²) < 4.78 is 42.2. The molecule has 2 rings (SSSR count). The number of hydrogen-bond acceptors (Lipinski definition) is 4. The van der Waals surface area contributed by atoms with Crippen molar-refractivity contribution in [2.24, 2.45) is 0 Å². The Morgan fingerprint density at radius 2 is 1.47 bits per heavy atom. The van der Waals surface area contributed by atoms with Gasteiger partial charge >= 0.3 is 6.18 Å². The van der Waals surface area contributed by atoms with Gasteiger partial charge in [-0.1, -0.05) is 0 Å². The quantitative estimate of drug-likeness (QED) is 0.839. The standard InChI is InChI=1S/C12H10F3N3O/c1-7-3-9(4-8(2)18-7)19-10-5-16-11(17-6-10)12(13,14)15/h3-6H,1-2H3. The Hall–Kier alpha value is -2.18. The lowest BCUT2D eigenvalue weighted by Crippen LogP contribution is -2.10. The lowest BCUT2D eigenvalue weighted by atomic mass is 10.3. The maximum absolute atomic E-state index is 12.3. The van der Waals surface area contributed by atoms with Crippen LogP contribution in [0.2, 0.25) is 0 Å². The molecule has 0 aromatic carbocycles. The van der Waals surface area contributed by atoms with E-state index in [4.69, 9.17) is 4.74 Å². The zero-order valence-corrected chi connectivity index (χ0v) is 10.2. The molecule has 0 aliphatic rings. The van der Waals surface area contributed by atoms with Crippen LogP contribution in [0, 0.1) is 13.8 Å². The van der Waals surface area contributed by atoms with Gasteiger partial charge in [0, 0.05) is 23.5 Å². The van der Waals surface area contributed by atoms with Gasteiger partial charge in [-0.2, -0.15) is 13.2 Å². The van der Waals surface area contributed by atoms with E-state index in [2.05, 4.69) is 15.0 Å². The summed E-state index contributed by atoms with van der Waals surface area (Å²) in [6.45, 7) is 3.59. The van der Waals surface area contributed by atoms with Crippen molar-refractivity contribution in [2.45, 2.75) is 20.0 Å². The predicted octanol–water partition coefficient (Wildman–Crippen LogP) is 3.30. The number of alkyl halides is 3. The first-order valence-electron chi connectivity index (χ1n) is 5.37. The molecule has 0 aliphatic carbocycles. The number of ether oxygens (including phenoxy) is 1. The van der Waals surface area contributed by atoms with Gasteiger partial charge in [0.2, 0.25) is 5.82 Å². The molecule has 0 bridgehead atoms. The molecular weight excluding hydrogens is 259 g/mol. The third kappa shape index (κ3) is 3.40. The van der Waals surface area contributed by atoms with E-state index >= 15 is 0 Å². The van der Waals surface area contributed by atoms with Crippen molar-refractivity contribution in [2.75, 3.05) is 0 Å². The summed E-state index contributed by atoms with van der Waals surface area (Å²) >= 11 is 0. The Morgan fingerprint density at radius 1 is 0.947 bits per heavy atom. The number of nitrogens with zero attached hydrogens (tertiary/aromatic N) is 3. The Bertz CT molecular complexity index is 562. The van der Waals surface area contributed by atoms with Crippen molar-refractivity contribution in [3.05, 3.63) is 41.7 Å². The van der Waals surface area contributed by atoms with E-state index in [0.29, 0.717) is 5.75 Å². The summed E-state index contributed by atoms with van der Waals surface area (Å²) in [5, 5.41) is 0. The number of rotatable bonds is 2. The second-order valence-corrected chi connectivity index (χ2v) is 3.93. The highest BCUT2D eigenvalue weighted by Gasteiger charge is 2.34. The maximum Gasteiger partial charge on any atom is 0.451 e. The number of pyridine rings is 1. The van der Waals surface area contributed by atoms with E-state index in [-0.39, 0.29) is 5.75 Å². The second kappa shape index (κ2) is 4.83. The van der Waals surface area contributed by atoms with Crippen LogP contribution in [-0.4, -0.2) is 15.0 Å². The molecule has 100 valence electrons. The summed E-state index contributed by atoms with van der Waals surface area (Å²) in [6.07, 6.45) is -2.58. The van der Waals surface area contributed by atoms with Crippen LogP contribution in [0.5, 0.6) is 11.5 Å². The number of halogens is 3. The zero-order valence-electron chi connectivity index (χ0n) is 10.2. The maximum atomic E-state index is 12.3. The van der Waals surface area contributed by atoms with Gasteiger partial charge < -0.3 is 4.74 Å². The van der Waals surface area contributed by atoms with Crippen molar-refractivity contribution in [1.82, 2.24) is 15.0 Å². The monoisotopic (exact) mass is 269 g/mol. The van der Waals surface area contributed by atoms with Crippen molar-refractivity contribution >= 4 is 0 Å². The largest absolute Gasteiger partial charge is 0.454 e. The minimum atomic E-state index is -4.55. The van der Waals surface area contributed by atoms with Gasteiger partial charge in [-0.25, -0.2) is 9.97 Å². The molecule has 19 heavy (non-hydrogen) atoms. The minimum absolute atomic E-state index is 0.137. The Kier molecular flexibility index (Phi) is 3.37. The fraction of sp³-hybridized carbons (Fsp3) is 0.250. The summed E-state index contributed by atoms with van der Waals surface area (Å²) in [5.74, 6) is -0.576. The van der Waals surface area contributed by atoms with E-state index in [1.54, 1.807) is 26.0 Å². The minimum Gasteiger partial charge on any atom is -0.454 e. The third-order valence-corrected chi connectivity index (χ3v) is 2.17. The fourth-order valence-corrected chi connectivity index (χ4v) is 1.51. The molecule has 7 heteroatoms. The smallest absolute Gasteiger partial charge is 0.451 e. The molecule has 0 amide bonds. The van der Waals surface area contributed by atoms with Gasteiger partial charge in [0.25, 0.3) is 0 Å².